The summed E-state index contributed by atoms with van der Waals surface area (Å²) >= 11 is 0. The Labute approximate surface area is 137 Å². The van der Waals surface area contributed by atoms with Gasteiger partial charge in [0, 0.05) is 6.54 Å². The first kappa shape index (κ1) is 16.8. The molecule has 1 aliphatic heterocycles. The number of carbonyl (C=O) groups is 1. The number of hydrogen-bond acceptors (Lipinski definition) is 2. The van der Waals surface area contributed by atoms with Crippen LogP contribution < -0.4 is 0 Å². The van der Waals surface area contributed by atoms with Crippen molar-refractivity contribution in [2.45, 2.75) is 31.7 Å². The second kappa shape index (κ2) is 7.61. The Morgan fingerprint density at radius 3 is 2.68 bits per heavy atom. The van der Waals surface area contributed by atoms with Crippen LogP contribution in [0, 0.1) is 0 Å². The van der Waals surface area contributed by atoms with Crippen molar-refractivity contribution in [2.75, 3.05) is 13.1 Å². The van der Waals surface area contributed by atoms with Gasteiger partial charge in [-0.3, -0.25) is 9.69 Å². The molecule has 1 N–H and O–H groups in total. The number of likely N-dealkylation sites (tertiary alicyclic amines) is 1. The first-order valence-corrected chi connectivity index (χ1v) is 7.68. The summed E-state index contributed by atoms with van der Waals surface area (Å²) in [5.74, 6) is -0.673. The Morgan fingerprint density at radius 1 is 1.14 bits per heavy atom. The second-order valence-electron chi connectivity index (χ2n) is 5.82. The van der Waals surface area contributed by atoms with Crippen LogP contribution in [0.4, 0.5) is 0 Å². The summed E-state index contributed by atoms with van der Waals surface area (Å²) in [7, 11) is 0. The fourth-order valence-electron chi connectivity index (χ4n) is 3.21. The normalized spacial score (nSPS) is 18.8. The van der Waals surface area contributed by atoms with Crippen LogP contribution in [0.15, 0.2) is 42.5 Å². The van der Waals surface area contributed by atoms with Crippen molar-refractivity contribution in [3.63, 3.8) is 0 Å². The van der Waals surface area contributed by atoms with Gasteiger partial charge in [-0.05, 0) is 42.1 Å². The molecule has 0 spiro atoms. The van der Waals surface area contributed by atoms with Gasteiger partial charge in [-0.1, -0.05) is 48.9 Å². The van der Waals surface area contributed by atoms with E-state index in [4.69, 9.17) is 0 Å². The number of hydrogen-bond donors (Lipinski definition) is 1. The third-order valence-electron chi connectivity index (χ3n) is 4.40. The van der Waals surface area contributed by atoms with Gasteiger partial charge >= 0.3 is 5.97 Å². The number of carboxylic acid groups (broad SMARTS) is 1. The summed E-state index contributed by atoms with van der Waals surface area (Å²) in [6.07, 6.45) is 3.84. The Balaban J connectivity index is 0.00000176. The zero-order chi connectivity index (χ0) is 14.7. The Kier molecular flexibility index (Phi) is 5.81. The molecule has 0 saturated carbocycles. The molecule has 1 heterocycles. The third-order valence-corrected chi connectivity index (χ3v) is 4.40. The molecule has 3 rings (SSSR count). The molecule has 22 heavy (non-hydrogen) atoms. The van der Waals surface area contributed by atoms with Gasteiger partial charge in [0.05, 0.1) is 0 Å². The van der Waals surface area contributed by atoms with E-state index in [-0.39, 0.29) is 18.4 Å². The lowest BCUT2D eigenvalue weighted by atomic mass is 10.0. The van der Waals surface area contributed by atoms with E-state index in [1.165, 1.54) is 16.3 Å². The molecule has 0 aromatic heterocycles. The van der Waals surface area contributed by atoms with Gasteiger partial charge < -0.3 is 5.11 Å². The van der Waals surface area contributed by atoms with Crippen LogP contribution in [0.2, 0.25) is 0 Å². The maximum atomic E-state index is 11.3. The van der Waals surface area contributed by atoms with Crippen molar-refractivity contribution in [3.8, 4) is 0 Å². The van der Waals surface area contributed by atoms with Crippen molar-refractivity contribution >= 4 is 29.1 Å². The lowest BCUT2D eigenvalue weighted by Gasteiger charge is -2.32. The molecule has 0 amide bonds. The smallest absolute Gasteiger partial charge is 0.320 e. The summed E-state index contributed by atoms with van der Waals surface area (Å²) in [6.45, 7) is 1.74. The average molecular weight is 320 g/mol. The Hall–Kier alpha value is -1.58. The second-order valence-corrected chi connectivity index (χ2v) is 5.82. The van der Waals surface area contributed by atoms with Crippen LogP contribution in [-0.2, 0) is 11.2 Å². The molecule has 0 aliphatic carbocycles. The minimum absolute atomic E-state index is 0. The maximum absolute atomic E-state index is 11.3. The topological polar surface area (TPSA) is 40.5 Å². The van der Waals surface area contributed by atoms with E-state index in [0.29, 0.717) is 0 Å². The number of rotatable bonds is 4. The fraction of sp³-hybridized carbons (Fsp3) is 0.389. The summed E-state index contributed by atoms with van der Waals surface area (Å²) < 4.78 is 0. The predicted molar refractivity (Wildman–Crippen MR) is 91.7 cm³/mol. The minimum Gasteiger partial charge on any atom is -0.480 e. The van der Waals surface area contributed by atoms with E-state index >= 15 is 0 Å². The monoisotopic (exact) mass is 319 g/mol. The van der Waals surface area contributed by atoms with Crippen LogP contribution in [0.5, 0.6) is 0 Å². The standard InChI is InChI=1S/C18H21NO2.ClH/c20-18(21)17-7-3-4-11-19(17)12-10-14-8-9-15-5-1-2-6-16(15)13-14;/h1-2,5-6,8-9,13,17H,3-4,7,10-12H2,(H,20,21);1H. The lowest BCUT2D eigenvalue weighted by Crippen LogP contribution is -2.45. The number of nitrogens with zero attached hydrogens (tertiary/aromatic N) is 1. The first-order chi connectivity index (χ1) is 10.2. The predicted octanol–water partition coefficient (Wildman–Crippen LogP) is 3.74. The molecular formula is C18H22ClNO2. The summed E-state index contributed by atoms with van der Waals surface area (Å²) in [6, 6.07) is 14.6. The third kappa shape index (κ3) is 3.79. The molecule has 0 radical (unpaired) electrons. The van der Waals surface area contributed by atoms with E-state index < -0.39 is 5.97 Å². The van der Waals surface area contributed by atoms with Gasteiger partial charge in [0.1, 0.15) is 6.04 Å². The van der Waals surface area contributed by atoms with Crippen molar-refractivity contribution in [2.24, 2.45) is 0 Å². The molecule has 2 aromatic carbocycles. The number of halogens is 1. The molecule has 118 valence electrons. The Morgan fingerprint density at radius 2 is 1.91 bits per heavy atom. The lowest BCUT2D eigenvalue weighted by molar-refractivity contribution is -0.144. The van der Waals surface area contributed by atoms with Crippen molar-refractivity contribution < 1.29 is 9.90 Å². The summed E-state index contributed by atoms with van der Waals surface area (Å²) in [5.41, 5.74) is 1.28. The fourth-order valence-corrected chi connectivity index (χ4v) is 3.21. The van der Waals surface area contributed by atoms with Gasteiger partial charge in [0.15, 0.2) is 0 Å². The molecule has 0 bridgehead atoms. The van der Waals surface area contributed by atoms with Gasteiger partial charge in [0.2, 0.25) is 0 Å². The highest BCUT2D eigenvalue weighted by molar-refractivity contribution is 5.85. The highest BCUT2D eigenvalue weighted by Crippen LogP contribution is 2.19. The Bertz CT molecular complexity index is 644. The van der Waals surface area contributed by atoms with E-state index in [1.807, 2.05) is 6.07 Å². The highest BCUT2D eigenvalue weighted by Gasteiger charge is 2.27. The largest absolute Gasteiger partial charge is 0.480 e. The molecule has 1 aliphatic rings. The van der Waals surface area contributed by atoms with Crippen LogP contribution >= 0.6 is 12.4 Å². The number of benzene rings is 2. The molecule has 2 aromatic rings. The quantitative estimate of drug-likeness (QED) is 0.933. The van der Waals surface area contributed by atoms with Crippen LogP contribution in [-0.4, -0.2) is 35.1 Å². The zero-order valence-electron chi connectivity index (χ0n) is 12.6. The van der Waals surface area contributed by atoms with Crippen molar-refractivity contribution in [1.82, 2.24) is 4.90 Å². The van der Waals surface area contributed by atoms with Crippen molar-refractivity contribution in [1.29, 1.82) is 0 Å². The number of piperidine rings is 1. The van der Waals surface area contributed by atoms with E-state index in [2.05, 4.69) is 41.3 Å². The van der Waals surface area contributed by atoms with Crippen molar-refractivity contribution in [3.05, 3.63) is 48.0 Å². The van der Waals surface area contributed by atoms with Gasteiger partial charge in [-0.15, -0.1) is 12.4 Å². The van der Waals surface area contributed by atoms with E-state index in [1.54, 1.807) is 0 Å². The minimum atomic E-state index is -0.673. The summed E-state index contributed by atoms with van der Waals surface area (Å²) in [5, 5.41) is 11.8. The van der Waals surface area contributed by atoms with Gasteiger partial charge in [-0.25, -0.2) is 0 Å². The van der Waals surface area contributed by atoms with E-state index in [9.17, 15) is 9.90 Å². The van der Waals surface area contributed by atoms with E-state index in [0.717, 1.165) is 38.8 Å². The van der Waals surface area contributed by atoms with Gasteiger partial charge in [0.25, 0.3) is 0 Å². The zero-order valence-corrected chi connectivity index (χ0v) is 13.4. The SMILES string of the molecule is Cl.O=C(O)C1CCCCN1CCc1ccc2ccccc2c1. The number of aliphatic carboxylic acids is 1. The van der Waals surface area contributed by atoms with Gasteiger partial charge in [-0.2, -0.15) is 0 Å². The summed E-state index contributed by atoms with van der Waals surface area (Å²) in [4.78, 5) is 13.4. The molecular weight excluding hydrogens is 298 g/mol. The molecule has 1 fully saturated rings. The molecule has 1 saturated heterocycles. The average Bonchev–Trinajstić information content (AvgIpc) is 2.53. The van der Waals surface area contributed by atoms with Crippen LogP contribution in [0.1, 0.15) is 24.8 Å². The maximum Gasteiger partial charge on any atom is 0.320 e. The first-order valence-electron chi connectivity index (χ1n) is 7.68. The highest BCUT2D eigenvalue weighted by atomic mass is 35.5. The molecule has 1 unspecified atom stereocenters. The van der Waals surface area contributed by atoms with Crippen LogP contribution in [0.25, 0.3) is 10.8 Å². The van der Waals surface area contributed by atoms with Crippen LogP contribution in [0.3, 0.4) is 0 Å². The number of carboxylic acids is 1. The number of fused-ring (bicyclic) bond motifs is 1. The molecule has 3 nitrogen and oxygen atoms in total. The molecule has 4 heteroatoms. The molecule has 1 atom stereocenters.